The van der Waals surface area contributed by atoms with Crippen molar-refractivity contribution in [2.75, 3.05) is 11.9 Å². The molecule has 31 heavy (non-hydrogen) atoms. The Bertz CT molecular complexity index is 1110. The predicted molar refractivity (Wildman–Crippen MR) is 123 cm³/mol. The van der Waals surface area contributed by atoms with Gasteiger partial charge in [-0.15, -0.1) is 0 Å². The number of benzene rings is 2. The summed E-state index contributed by atoms with van der Waals surface area (Å²) in [6.07, 6.45) is 5.58. The van der Waals surface area contributed by atoms with Crippen LogP contribution in [0.1, 0.15) is 41.8 Å². The van der Waals surface area contributed by atoms with E-state index in [-0.39, 0.29) is 18.0 Å². The van der Waals surface area contributed by atoms with Crippen molar-refractivity contribution in [3.8, 4) is 0 Å². The number of amides is 3. The third-order valence-corrected chi connectivity index (χ3v) is 7.21. The minimum absolute atomic E-state index is 0.129. The largest absolute Gasteiger partial charge is 0.337 e. The van der Waals surface area contributed by atoms with Gasteiger partial charge >= 0.3 is 6.03 Å². The first kappa shape index (κ1) is 20.0. The van der Waals surface area contributed by atoms with Crippen molar-refractivity contribution in [1.82, 2.24) is 15.2 Å². The van der Waals surface area contributed by atoms with E-state index in [0.29, 0.717) is 24.6 Å². The molecule has 1 aliphatic heterocycles. The molecular formula is C24H26N4O2S. The lowest BCUT2D eigenvalue weighted by Crippen LogP contribution is -2.36. The van der Waals surface area contributed by atoms with Crippen LogP contribution >= 0.6 is 11.3 Å². The maximum Gasteiger partial charge on any atom is 0.321 e. The highest BCUT2D eigenvalue weighted by Gasteiger charge is 2.25. The van der Waals surface area contributed by atoms with Gasteiger partial charge in [0.1, 0.15) is 0 Å². The normalized spacial score (nSPS) is 16.3. The Morgan fingerprint density at radius 1 is 1.10 bits per heavy atom. The second kappa shape index (κ2) is 8.67. The molecule has 3 amide bonds. The minimum atomic E-state index is -0.179. The van der Waals surface area contributed by atoms with Gasteiger partial charge in [-0.05, 0) is 29.2 Å². The molecular weight excluding hydrogens is 408 g/mol. The Morgan fingerprint density at radius 2 is 1.90 bits per heavy atom. The van der Waals surface area contributed by atoms with Crippen LogP contribution in [0, 0.1) is 0 Å². The first-order valence-corrected chi connectivity index (χ1v) is 11.8. The number of hydrogen-bond donors (Lipinski definition) is 2. The smallest absolute Gasteiger partial charge is 0.321 e. The highest BCUT2D eigenvalue weighted by atomic mass is 32.1. The van der Waals surface area contributed by atoms with Crippen LogP contribution in [0.3, 0.4) is 0 Å². The van der Waals surface area contributed by atoms with Crippen LogP contribution in [-0.2, 0) is 24.2 Å². The van der Waals surface area contributed by atoms with Gasteiger partial charge < -0.3 is 10.2 Å². The SMILES string of the molecule is O=C(Nc1nc2c(s1)CN(C(=O)Cc1cccc3ccccc13)CC2)NC1CCCC1. The fourth-order valence-electron chi connectivity index (χ4n) is 4.57. The van der Waals surface area contributed by atoms with Crippen molar-refractivity contribution in [2.45, 2.75) is 51.1 Å². The van der Waals surface area contributed by atoms with Gasteiger partial charge in [-0.25, -0.2) is 9.78 Å². The number of aromatic nitrogens is 1. The van der Waals surface area contributed by atoms with Crippen LogP contribution in [-0.4, -0.2) is 34.4 Å². The number of urea groups is 1. The Labute approximate surface area is 185 Å². The molecule has 1 aromatic heterocycles. The molecule has 160 valence electrons. The Kier molecular flexibility index (Phi) is 5.59. The van der Waals surface area contributed by atoms with Crippen molar-refractivity contribution < 1.29 is 9.59 Å². The lowest BCUT2D eigenvalue weighted by atomic mass is 10.0. The maximum absolute atomic E-state index is 13.0. The van der Waals surface area contributed by atoms with Gasteiger partial charge in [0.25, 0.3) is 0 Å². The second-order valence-corrected chi connectivity index (χ2v) is 9.43. The highest BCUT2D eigenvalue weighted by molar-refractivity contribution is 7.15. The molecule has 0 radical (unpaired) electrons. The lowest BCUT2D eigenvalue weighted by molar-refractivity contribution is -0.131. The molecule has 6 nitrogen and oxygen atoms in total. The quantitative estimate of drug-likeness (QED) is 0.635. The monoisotopic (exact) mass is 434 g/mol. The standard InChI is InChI=1S/C24H26N4O2S/c29-22(14-17-8-5-7-16-6-1-4-11-19(16)17)28-13-12-20-21(15-28)31-24(26-20)27-23(30)25-18-9-2-3-10-18/h1,4-8,11,18H,2-3,9-10,12-15H2,(H2,25,26,27,30). The molecule has 0 atom stereocenters. The van der Waals surface area contributed by atoms with Crippen LogP contribution < -0.4 is 10.6 Å². The molecule has 0 spiro atoms. The van der Waals surface area contributed by atoms with Gasteiger partial charge in [0.15, 0.2) is 5.13 Å². The number of hydrogen-bond acceptors (Lipinski definition) is 4. The fourth-order valence-corrected chi connectivity index (χ4v) is 5.59. The van der Waals surface area contributed by atoms with E-state index in [4.69, 9.17) is 0 Å². The number of carbonyl (C=O) groups is 2. The van der Waals surface area contributed by atoms with Gasteiger partial charge in [-0.2, -0.15) is 0 Å². The van der Waals surface area contributed by atoms with E-state index < -0.39 is 0 Å². The number of rotatable bonds is 4. The van der Waals surface area contributed by atoms with Crippen LogP contribution in [0.5, 0.6) is 0 Å². The molecule has 2 N–H and O–H groups in total. The van der Waals surface area contributed by atoms with E-state index in [2.05, 4.69) is 33.8 Å². The predicted octanol–water partition coefficient (Wildman–Crippen LogP) is 4.49. The number of fused-ring (bicyclic) bond motifs is 2. The summed E-state index contributed by atoms with van der Waals surface area (Å²) in [5.41, 5.74) is 2.06. The molecule has 2 aliphatic rings. The van der Waals surface area contributed by atoms with Gasteiger partial charge in [0.05, 0.1) is 18.7 Å². The van der Waals surface area contributed by atoms with Crippen LogP contribution in [0.15, 0.2) is 42.5 Å². The first-order valence-electron chi connectivity index (χ1n) is 11.0. The molecule has 7 heteroatoms. The molecule has 2 heterocycles. The van der Waals surface area contributed by atoms with E-state index in [0.717, 1.165) is 46.2 Å². The average Bonchev–Trinajstić information content (AvgIpc) is 3.42. The third-order valence-electron chi connectivity index (χ3n) is 6.22. The summed E-state index contributed by atoms with van der Waals surface area (Å²) in [7, 11) is 0. The summed E-state index contributed by atoms with van der Waals surface area (Å²) < 4.78 is 0. The zero-order chi connectivity index (χ0) is 21.2. The third kappa shape index (κ3) is 4.42. The zero-order valence-electron chi connectivity index (χ0n) is 17.4. The van der Waals surface area contributed by atoms with Gasteiger partial charge in [-0.1, -0.05) is 66.6 Å². The molecule has 0 bridgehead atoms. The van der Waals surface area contributed by atoms with Crippen LogP contribution in [0.2, 0.25) is 0 Å². The van der Waals surface area contributed by atoms with Gasteiger partial charge in [0, 0.05) is 23.9 Å². The molecule has 3 aromatic rings. The fraction of sp³-hybridized carbons (Fsp3) is 0.375. The summed E-state index contributed by atoms with van der Waals surface area (Å²) >= 11 is 1.47. The second-order valence-electron chi connectivity index (χ2n) is 8.35. The Balaban J connectivity index is 1.23. The molecule has 5 rings (SSSR count). The molecule has 0 unspecified atom stereocenters. The number of nitrogens with one attached hydrogen (secondary N) is 2. The average molecular weight is 435 g/mol. The van der Waals surface area contributed by atoms with Crippen molar-refractivity contribution in [2.24, 2.45) is 0 Å². The number of carbonyl (C=O) groups excluding carboxylic acids is 2. The summed E-state index contributed by atoms with van der Waals surface area (Å²) in [6.45, 7) is 1.22. The highest BCUT2D eigenvalue weighted by Crippen LogP contribution is 2.29. The molecule has 1 saturated carbocycles. The number of thiazole rings is 1. The maximum atomic E-state index is 13.0. The van der Waals surface area contributed by atoms with Crippen LogP contribution in [0.25, 0.3) is 10.8 Å². The Morgan fingerprint density at radius 3 is 2.77 bits per heavy atom. The van der Waals surface area contributed by atoms with E-state index in [1.807, 2.05) is 29.2 Å². The van der Waals surface area contributed by atoms with E-state index in [9.17, 15) is 9.59 Å². The lowest BCUT2D eigenvalue weighted by Gasteiger charge is -2.26. The molecule has 1 aliphatic carbocycles. The molecule has 0 saturated heterocycles. The molecule has 2 aromatic carbocycles. The van der Waals surface area contributed by atoms with Crippen LogP contribution in [0.4, 0.5) is 9.93 Å². The summed E-state index contributed by atoms with van der Waals surface area (Å²) in [6, 6.07) is 14.4. The topological polar surface area (TPSA) is 74.3 Å². The summed E-state index contributed by atoms with van der Waals surface area (Å²) in [5, 5.41) is 8.82. The zero-order valence-corrected chi connectivity index (χ0v) is 18.2. The number of anilines is 1. The van der Waals surface area contributed by atoms with Crippen molar-refractivity contribution in [3.05, 3.63) is 58.6 Å². The molecule has 1 fully saturated rings. The van der Waals surface area contributed by atoms with Gasteiger partial charge in [0.2, 0.25) is 5.91 Å². The Hall–Kier alpha value is -2.93. The van der Waals surface area contributed by atoms with E-state index in [1.54, 1.807) is 0 Å². The van der Waals surface area contributed by atoms with Gasteiger partial charge in [-0.3, -0.25) is 10.1 Å². The van der Waals surface area contributed by atoms with Crippen molar-refractivity contribution in [1.29, 1.82) is 0 Å². The van der Waals surface area contributed by atoms with E-state index >= 15 is 0 Å². The minimum Gasteiger partial charge on any atom is -0.337 e. The van der Waals surface area contributed by atoms with Crippen molar-refractivity contribution >= 4 is 39.2 Å². The summed E-state index contributed by atoms with van der Waals surface area (Å²) in [5.74, 6) is 0.129. The first-order chi connectivity index (χ1) is 15.2. The number of nitrogens with zero attached hydrogens (tertiary/aromatic N) is 2. The van der Waals surface area contributed by atoms with E-state index in [1.165, 1.54) is 24.2 Å². The summed E-state index contributed by atoms with van der Waals surface area (Å²) in [4.78, 5) is 32.8. The van der Waals surface area contributed by atoms with Crippen molar-refractivity contribution in [3.63, 3.8) is 0 Å².